The number of amidine groups is 1. The van der Waals surface area contributed by atoms with Crippen molar-refractivity contribution in [2.24, 2.45) is 4.99 Å². The molecular formula is C21H21FN2O3S. The fraction of sp³-hybridized carbons (Fsp3) is 0.238. The Labute approximate surface area is 167 Å². The van der Waals surface area contributed by atoms with Crippen LogP contribution in [0.2, 0.25) is 0 Å². The van der Waals surface area contributed by atoms with Crippen LogP contribution in [0.4, 0.5) is 10.1 Å². The molecule has 1 aliphatic heterocycles. The quantitative estimate of drug-likeness (QED) is 0.742. The van der Waals surface area contributed by atoms with Gasteiger partial charge in [-0.1, -0.05) is 24.3 Å². The Balaban J connectivity index is 1.92. The molecule has 1 saturated heterocycles. The van der Waals surface area contributed by atoms with Gasteiger partial charge in [0.1, 0.15) is 6.61 Å². The van der Waals surface area contributed by atoms with Crippen molar-refractivity contribution in [3.63, 3.8) is 0 Å². The normalized spacial score (nSPS) is 17.2. The molecule has 1 N–H and O–H groups in total. The number of amides is 1. The summed E-state index contributed by atoms with van der Waals surface area (Å²) in [4.78, 5) is 19.6. The predicted octanol–water partition coefficient (Wildman–Crippen LogP) is 4.08. The van der Waals surface area contributed by atoms with Crippen LogP contribution in [0.15, 0.2) is 58.4 Å². The second-order valence-electron chi connectivity index (χ2n) is 6.35. The van der Waals surface area contributed by atoms with Crippen LogP contribution in [0.5, 0.6) is 5.75 Å². The maximum Gasteiger partial charge on any atom is 0.271 e. The molecule has 146 valence electrons. The molecule has 2 aromatic rings. The van der Waals surface area contributed by atoms with Crippen LogP contribution in [-0.2, 0) is 4.79 Å². The number of aliphatic hydroxyl groups excluding tert-OH is 1. The number of hydrogen-bond donors (Lipinski definition) is 1. The molecule has 3 rings (SSSR count). The molecule has 1 amide bonds. The third kappa shape index (κ3) is 4.61. The number of hydrogen-bond acceptors (Lipinski definition) is 5. The number of nitrogens with zero attached hydrogens (tertiary/aromatic N) is 2. The van der Waals surface area contributed by atoms with Gasteiger partial charge in [-0.2, -0.15) is 0 Å². The van der Waals surface area contributed by atoms with Crippen molar-refractivity contribution in [3.8, 4) is 5.75 Å². The standard InChI is InChI=1S/C21H21FN2O3S/c1-14(2)23-21-24(16-6-4-3-5-7-16)20(26)19(28-21)13-15-8-9-18(17(22)12-15)27-11-10-25/h3-9,12-14,25H,10-11H2,1-2H3/b19-13-,23-21-. The van der Waals surface area contributed by atoms with Crippen LogP contribution in [0.3, 0.4) is 0 Å². The highest BCUT2D eigenvalue weighted by molar-refractivity contribution is 8.19. The number of aliphatic hydroxyl groups is 1. The molecule has 0 aliphatic carbocycles. The second kappa shape index (κ2) is 9.03. The van der Waals surface area contributed by atoms with E-state index in [0.717, 1.165) is 5.69 Å². The highest BCUT2D eigenvalue weighted by atomic mass is 32.2. The lowest BCUT2D eigenvalue weighted by molar-refractivity contribution is -0.113. The summed E-state index contributed by atoms with van der Waals surface area (Å²) in [5.74, 6) is -0.680. The number of benzene rings is 2. The van der Waals surface area contributed by atoms with Crippen molar-refractivity contribution in [2.75, 3.05) is 18.1 Å². The van der Waals surface area contributed by atoms with Gasteiger partial charge in [-0.3, -0.25) is 14.7 Å². The lowest BCUT2D eigenvalue weighted by atomic mass is 10.2. The number of thioether (sulfide) groups is 1. The van der Waals surface area contributed by atoms with Crippen LogP contribution in [0.25, 0.3) is 6.08 Å². The molecule has 0 aromatic heterocycles. The van der Waals surface area contributed by atoms with Crippen molar-refractivity contribution in [1.29, 1.82) is 0 Å². The third-order valence-electron chi connectivity index (χ3n) is 3.79. The van der Waals surface area contributed by atoms with Gasteiger partial charge in [-0.25, -0.2) is 4.39 Å². The van der Waals surface area contributed by atoms with Gasteiger partial charge in [-0.05, 0) is 61.5 Å². The summed E-state index contributed by atoms with van der Waals surface area (Å²) >= 11 is 1.27. The molecule has 0 unspecified atom stereocenters. The highest BCUT2D eigenvalue weighted by Crippen LogP contribution is 2.36. The largest absolute Gasteiger partial charge is 0.488 e. The molecule has 7 heteroatoms. The van der Waals surface area contributed by atoms with Gasteiger partial charge in [0.15, 0.2) is 16.7 Å². The second-order valence-corrected chi connectivity index (χ2v) is 7.36. The first-order valence-corrected chi connectivity index (χ1v) is 9.71. The monoisotopic (exact) mass is 400 g/mol. The minimum atomic E-state index is -0.547. The third-order valence-corrected chi connectivity index (χ3v) is 4.77. The van der Waals surface area contributed by atoms with Crippen LogP contribution >= 0.6 is 11.8 Å². The van der Waals surface area contributed by atoms with E-state index in [1.807, 2.05) is 44.2 Å². The summed E-state index contributed by atoms with van der Waals surface area (Å²) in [5, 5.41) is 9.38. The zero-order valence-corrected chi connectivity index (χ0v) is 16.4. The molecule has 0 radical (unpaired) electrons. The fourth-order valence-corrected chi connectivity index (χ4v) is 3.73. The number of carbonyl (C=O) groups excluding carboxylic acids is 1. The Morgan fingerprint density at radius 1 is 1.25 bits per heavy atom. The first-order chi connectivity index (χ1) is 13.5. The fourth-order valence-electron chi connectivity index (χ4n) is 2.62. The van der Waals surface area contributed by atoms with E-state index >= 15 is 0 Å². The molecular weight excluding hydrogens is 379 g/mol. The molecule has 1 heterocycles. The SMILES string of the molecule is CC(C)/N=C1\S/C(=C\c2ccc(OCCO)c(F)c2)C(=O)N1c1ccccc1. The first-order valence-electron chi connectivity index (χ1n) is 8.89. The minimum Gasteiger partial charge on any atom is -0.488 e. The number of carbonyl (C=O) groups is 1. The molecule has 0 atom stereocenters. The topological polar surface area (TPSA) is 62.1 Å². The van der Waals surface area contributed by atoms with E-state index in [-0.39, 0.29) is 30.9 Å². The summed E-state index contributed by atoms with van der Waals surface area (Å²) < 4.78 is 19.3. The van der Waals surface area contributed by atoms with Gasteiger partial charge in [0, 0.05) is 6.04 Å². The van der Waals surface area contributed by atoms with Gasteiger partial charge < -0.3 is 9.84 Å². The van der Waals surface area contributed by atoms with Crippen molar-refractivity contribution >= 4 is 34.6 Å². The summed E-state index contributed by atoms with van der Waals surface area (Å²) in [6.07, 6.45) is 1.64. The Bertz CT molecular complexity index is 913. The van der Waals surface area contributed by atoms with E-state index in [1.165, 1.54) is 23.9 Å². The maximum absolute atomic E-state index is 14.2. The molecule has 28 heavy (non-hydrogen) atoms. The van der Waals surface area contributed by atoms with Crippen LogP contribution in [0, 0.1) is 5.82 Å². The van der Waals surface area contributed by atoms with Gasteiger partial charge in [0.2, 0.25) is 0 Å². The maximum atomic E-state index is 14.2. The van der Waals surface area contributed by atoms with Gasteiger partial charge in [0.05, 0.1) is 17.2 Å². The zero-order valence-electron chi connectivity index (χ0n) is 15.6. The first kappa shape index (κ1) is 20.1. The van der Waals surface area contributed by atoms with Gasteiger partial charge in [-0.15, -0.1) is 0 Å². The van der Waals surface area contributed by atoms with Gasteiger partial charge in [0.25, 0.3) is 5.91 Å². The van der Waals surface area contributed by atoms with Crippen molar-refractivity contribution in [1.82, 2.24) is 0 Å². The average molecular weight is 400 g/mol. The summed E-state index contributed by atoms with van der Waals surface area (Å²) in [7, 11) is 0. The number of para-hydroxylation sites is 1. The van der Waals surface area contributed by atoms with Crippen LogP contribution < -0.4 is 9.64 Å². The van der Waals surface area contributed by atoms with Crippen molar-refractivity contribution in [2.45, 2.75) is 19.9 Å². The van der Waals surface area contributed by atoms with Gasteiger partial charge >= 0.3 is 0 Å². The Hall–Kier alpha value is -2.64. The number of aliphatic imine (C=N–C) groups is 1. The van der Waals surface area contributed by atoms with E-state index < -0.39 is 5.82 Å². The van der Waals surface area contributed by atoms with Crippen molar-refractivity contribution in [3.05, 3.63) is 64.8 Å². The minimum absolute atomic E-state index is 0.0206. The summed E-state index contributed by atoms with van der Waals surface area (Å²) in [6, 6.07) is 13.8. The smallest absolute Gasteiger partial charge is 0.271 e. The highest BCUT2D eigenvalue weighted by Gasteiger charge is 2.34. The Morgan fingerprint density at radius 2 is 2.00 bits per heavy atom. The summed E-state index contributed by atoms with van der Waals surface area (Å²) in [5.41, 5.74) is 1.28. The lowest BCUT2D eigenvalue weighted by Gasteiger charge is -2.16. The van der Waals surface area contributed by atoms with Crippen molar-refractivity contribution < 1.29 is 19.0 Å². The number of rotatable bonds is 6. The predicted molar refractivity (Wildman–Crippen MR) is 111 cm³/mol. The van der Waals surface area contributed by atoms with Crippen LogP contribution in [-0.4, -0.2) is 35.4 Å². The zero-order chi connectivity index (χ0) is 20.1. The molecule has 5 nitrogen and oxygen atoms in total. The molecule has 0 saturated carbocycles. The molecule has 0 spiro atoms. The summed E-state index contributed by atoms with van der Waals surface area (Å²) in [6.45, 7) is 3.73. The molecule has 1 aliphatic rings. The molecule has 2 aromatic carbocycles. The van der Waals surface area contributed by atoms with E-state index in [1.54, 1.807) is 17.0 Å². The number of anilines is 1. The Kier molecular flexibility index (Phi) is 6.49. The van der Waals surface area contributed by atoms with Crippen LogP contribution in [0.1, 0.15) is 19.4 Å². The molecule has 1 fully saturated rings. The Morgan fingerprint density at radius 3 is 2.64 bits per heavy atom. The molecule has 0 bridgehead atoms. The number of halogens is 1. The lowest BCUT2D eigenvalue weighted by Crippen LogP contribution is -2.29. The average Bonchev–Trinajstić information content (AvgIpc) is 2.96. The van der Waals surface area contributed by atoms with E-state index in [9.17, 15) is 9.18 Å². The number of ether oxygens (including phenoxy) is 1. The van der Waals surface area contributed by atoms with E-state index in [2.05, 4.69) is 4.99 Å². The van der Waals surface area contributed by atoms with E-state index in [4.69, 9.17) is 9.84 Å². The van der Waals surface area contributed by atoms with E-state index in [0.29, 0.717) is 15.6 Å².